The Morgan fingerprint density at radius 3 is 2.52 bits per heavy atom. The van der Waals surface area contributed by atoms with E-state index in [0.717, 1.165) is 11.8 Å². The van der Waals surface area contributed by atoms with Gasteiger partial charge in [0.2, 0.25) is 15.9 Å². The maximum absolute atomic E-state index is 12.0. The zero-order chi connectivity index (χ0) is 18.3. The summed E-state index contributed by atoms with van der Waals surface area (Å²) in [7, 11) is -3.46. The first-order valence-corrected chi connectivity index (χ1v) is 9.93. The third-order valence-electron chi connectivity index (χ3n) is 3.60. The molecule has 2 aromatic rings. The predicted octanol–water partition coefficient (Wildman–Crippen LogP) is 2.20. The van der Waals surface area contributed by atoms with E-state index < -0.39 is 10.0 Å². The van der Waals surface area contributed by atoms with E-state index in [1.54, 1.807) is 48.8 Å². The van der Waals surface area contributed by atoms with Gasteiger partial charge in [0, 0.05) is 43.5 Å². The molecule has 134 valence electrons. The summed E-state index contributed by atoms with van der Waals surface area (Å²) in [6, 6.07) is 10.7. The molecule has 1 heterocycles. The molecule has 0 fully saturated rings. The Morgan fingerprint density at radius 2 is 1.88 bits per heavy atom. The van der Waals surface area contributed by atoms with E-state index in [1.807, 2.05) is 0 Å². The first-order chi connectivity index (χ1) is 11.9. The second-order valence-electron chi connectivity index (χ2n) is 5.57. The van der Waals surface area contributed by atoms with Crippen LogP contribution in [0.3, 0.4) is 0 Å². The molecule has 25 heavy (non-hydrogen) atoms. The summed E-state index contributed by atoms with van der Waals surface area (Å²) in [5.74, 6) is -0.218. The van der Waals surface area contributed by atoms with Crippen molar-refractivity contribution in [2.24, 2.45) is 0 Å². The van der Waals surface area contributed by atoms with Crippen LogP contribution in [0.15, 0.2) is 48.8 Å². The number of nitrogens with one attached hydrogen (secondary N) is 1. The normalized spacial score (nSPS) is 11.5. The van der Waals surface area contributed by atoms with Gasteiger partial charge in [-0.1, -0.05) is 29.8 Å². The molecule has 1 aromatic carbocycles. The van der Waals surface area contributed by atoms with Gasteiger partial charge in [-0.25, -0.2) is 8.42 Å². The van der Waals surface area contributed by atoms with Gasteiger partial charge in [0.05, 0.1) is 6.26 Å². The third kappa shape index (κ3) is 6.45. The van der Waals surface area contributed by atoms with Gasteiger partial charge in [-0.2, -0.15) is 4.31 Å². The van der Waals surface area contributed by atoms with Gasteiger partial charge in [-0.05, 0) is 29.3 Å². The summed E-state index contributed by atoms with van der Waals surface area (Å²) >= 11 is 6.09. The molecule has 0 spiro atoms. The smallest absolute Gasteiger partial charge is 0.221 e. The van der Waals surface area contributed by atoms with Crippen LogP contribution in [0.5, 0.6) is 0 Å². The van der Waals surface area contributed by atoms with E-state index in [0.29, 0.717) is 17.1 Å². The fraction of sp³-hybridized carbons (Fsp3) is 0.294. The van der Waals surface area contributed by atoms with Crippen LogP contribution in [-0.2, 0) is 27.9 Å². The number of carbonyl (C=O) groups is 1. The van der Waals surface area contributed by atoms with E-state index in [2.05, 4.69) is 10.3 Å². The lowest BCUT2D eigenvalue weighted by Gasteiger charge is -2.20. The number of hydrogen-bond acceptors (Lipinski definition) is 4. The van der Waals surface area contributed by atoms with Crippen molar-refractivity contribution in [1.29, 1.82) is 0 Å². The Morgan fingerprint density at radius 1 is 1.20 bits per heavy atom. The minimum atomic E-state index is -3.46. The Hall–Kier alpha value is -1.96. The third-order valence-corrected chi connectivity index (χ3v) is 5.22. The minimum Gasteiger partial charge on any atom is -0.352 e. The Kier molecular flexibility index (Phi) is 6.92. The molecule has 0 radical (unpaired) electrons. The number of benzene rings is 1. The zero-order valence-corrected chi connectivity index (χ0v) is 15.4. The van der Waals surface area contributed by atoms with E-state index in [9.17, 15) is 13.2 Å². The van der Waals surface area contributed by atoms with Crippen molar-refractivity contribution in [3.8, 4) is 0 Å². The van der Waals surface area contributed by atoms with Crippen molar-refractivity contribution in [3.05, 3.63) is 64.9 Å². The Balaban J connectivity index is 1.92. The van der Waals surface area contributed by atoms with Crippen LogP contribution in [-0.4, -0.2) is 36.4 Å². The summed E-state index contributed by atoms with van der Waals surface area (Å²) in [6.45, 7) is 0.604. The van der Waals surface area contributed by atoms with Crippen LogP contribution in [0.25, 0.3) is 0 Å². The number of hydrogen-bond donors (Lipinski definition) is 1. The summed E-state index contributed by atoms with van der Waals surface area (Å²) in [5.41, 5.74) is 1.63. The highest BCUT2D eigenvalue weighted by Crippen LogP contribution is 2.18. The van der Waals surface area contributed by atoms with Crippen molar-refractivity contribution < 1.29 is 13.2 Å². The first kappa shape index (κ1) is 19.4. The van der Waals surface area contributed by atoms with E-state index in [-0.39, 0.29) is 25.4 Å². The predicted molar refractivity (Wildman–Crippen MR) is 97.4 cm³/mol. The number of rotatable bonds is 8. The SMILES string of the molecule is CS(=O)(=O)N(CCC(=O)NCc1ccncc1)Cc1ccccc1Cl. The van der Waals surface area contributed by atoms with Gasteiger partial charge in [-0.15, -0.1) is 0 Å². The number of halogens is 1. The molecule has 0 aliphatic heterocycles. The zero-order valence-electron chi connectivity index (χ0n) is 13.9. The highest BCUT2D eigenvalue weighted by molar-refractivity contribution is 7.88. The largest absolute Gasteiger partial charge is 0.352 e. The summed E-state index contributed by atoms with van der Waals surface area (Å²) in [4.78, 5) is 15.9. The second-order valence-corrected chi connectivity index (χ2v) is 7.96. The van der Waals surface area contributed by atoms with Crippen LogP contribution < -0.4 is 5.32 Å². The van der Waals surface area contributed by atoms with Crippen molar-refractivity contribution >= 4 is 27.5 Å². The fourth-order valence-corrected chi connectivity index (χ4v) is 3.19. The lowest BCUT2D eigenvalue weighted by molar-refractivity contribution is -0.121. The first-order valence-electron chi connectivity index (χ1n) is 7.70. The van der Waals surface area contributed by atoms with Crippen LogP contribution in [0, 0.1) is 0 Å². The van der Waals surface area contributed by atoms with Gasteiger partial charge < -0.3 is 5.32 Å². The summed E-state index contributed by atoms with van der Waals surface area (Å²) in [5, 5.41) is 3.27. The van der Waals surface area contributed by atoms with Crippen LogP contribution in [0.1, 0.15) is 17.5 Å². The number of nitrogens with zero attached hydrogens (tertiary/aromatic N) is 2. The van der Waals surface area contributed by atoms with Gasteiger partial charge in [-0.3, -0.25) is 9.78 Å². The van der Waals surface area contributed by atoms with E-state index in [4.69, 9.17) is 11.6 Å². The average molecular weight is 382 g/mol. The molecule has 0 atom stereocenters. The number of pyridine rings is 1. The van der Waals surface area contributed by atoms with E-state index in [1.165, 1.54) is 4.31 Å². The second kappa shape index (κ2) is 8.94. The van der Waals surface area contributed by atoms with Crippen LogP contribution >= 0.6 is 11.6 Å². The summed E-state index contributed by atoms with van der Waals surface area (Å²) in [6.07, 6.45) is 4.49. The molecule has 0 aliphatic rings. The van der Waals surface area contributed by atoms with Crippen molar-refractivity contribution in [2.45, 2.75) is 19.5 Å². The molecule has 0 unspecified atom stereocenters. The van der Waals surface area contributed by atoms with Crippen molar-refractivity contribution in [1.82, 2.24) is 14.6 Å². The molecule has 0 saturated carbocycles. The molecular formula is C17H20ClN3O3S. The lowest BCUT2D eigenvalue weighted by atomic mass is 10.2. The van der Waals surface area contributed by atoms with Crippen LogP contribution in [0.2, 0.25) is 5.02 Å². The number of amides is 1. The van der Waals surface area contributed by atoms with Crippen molar-refractivity contribution in [3.63, 3.8) is 0 Å². The standard InChI is InChI=1S/C17H20ClN3O3S/c1-25(23,24)21(13-15-4-2-3-5-16(15)18)11-8-17(22)20-12-14-6-9-19-10-7-14/h2-7,9-10H,8,11-13H2,1H3,(H,20,22). The maximum Gasteiger partial charge on any atom is 0.221 e. The molecule has 0 aliphatic carbocycles. The number of carbonyl (C=O) groups excluding carboxylic acids is 1. The quantitative estimate of drug-likeness (QED) is 0.760. The number of sulfonamides is 1. The molecule has 2 rings (SSSR count). The van der Waals surface area contributed by atoms with Crippen molar-refractivity contribution in [2.75, 3.05) is 12.8 Å². The summed E-state index contributed by atoms with van der Waals surface area (Å²) < 4.78 is 25.2. The van der Waals surface area contributed by atoms with E-state index >= 15 is 0 Å². The monoisotopic (exact) mass is 381 g/mol. The molecule has 0 saturated heterocycles. The van der Waals surface area contributed by atoms with Gasteiger partial charge in [0.25, 0.3) is 0 Å². The Bertz CT molecular complexity index is 813. The molecule has 1 N–H and O–H groups in total. The molecule has 1 aromatic heterocycles. The Labute approximate surface area is 152 Å². The maximum atomic E-state index is 12.0. The molecule has 1 amide bonds. The molecule has 8 heteroatoms. The highest BCUT2D eigenvalue weighted by atomic mass is 35.5. The topological polar surface area (TPSA) is 79.4 Å². The fourth-order valence-electron chi connectivity index (χ4n) is 2.19. The molecule has 6 nitrogen and oxygen atoms in total. The highest BCUT2D eigenvalue weighted by Gasteiger charge is 2.19. The number of aromatic nitrogens is 1. The molecular weight excluding hydrogens is 362 g/mol. The van der Waals surface area contributed by atoms with Gasteiger partial charge in [0.15, 0.2) is 0 Å². The van der Waals surface area contributed by atoms with Crippen LogP contribution in [0.4, 0.5) is 0 Å². The minimum absolute atomic E-state index is 0.0720. The molecule has 0 bridgehead atoms. The average Bonchev–Trinajstić information content (AvgIpc) is 2.58. The van der Waals surface area contributed by atoms with Gasteiger partial charge in [0.1, 0.15) is 0 Å². The lowest BCUT2D eigenvalue weighted by Crippen LogP contribution is -2.34. The van der Waals surface area contributed by atoms with Gasteiger partial charge >= 0.3 is 0 Å².